The van der Waals surface area contributed by atoms with E-state index in [1.165, 1.54) is 0 Å². The highest BCUT2D eigenvalue weighted by molar-refractivity contribution is 14.1. The van der Waals surface area contributed by atoms with Crippen LogP contribution in [0.1, 0.15) is 22.2 Å². The van der Waals surface area contributed by atoms with Crippen LogP contribution in [0.15, 0.2) is 41.8 Å². The largest absolute Gasteiger partial charge is 0.343 e. The van der Waals surface area contributed by atoms with Gasteiger partial charge in [-0.2, -0.15) is 0 Å². The molecule has 0 atom stereocenters. The molecule has 1 heterocycles. The van der Waals surface area contributed by atoms with Crippen molar-refractivity contribution in [1.29, 1.82) is 0 Å². The van der Waals surface area contributed by atoms with Crippen molar-refractivity contribution in [2.45, 2.75) is 13.5 Å². The first-order chi connectivity index (χ1) is 10.6. The Morgan fingerprint density at radius 2 is 2.00 bits per heavy atom. The average Bonchev–Trinajstić information content (AvgIpc) is 3.03. The third-order valence-electron chi connectivity index (χ3n) is 3.18. The maximum absolute atomic E-state index is 12.2. The van der Waals surface area contributed by atoms with Gasteiger partial charge < -0.3 is 10.2 Å². The standard InChI is InChI=1S/C16H17IN2O2S/c1-2-19(11-12-6-5-9-22-12)15(20)10-18-16(21)13-7-3-4-8-14(13)17/h3-9H,2,10-11H2,1H3,(H,18,21). The monoisotopic (exact) mass is 428 g/mol. The summed E-state index contributed by atoms with van der Waals surface area (Å²) in [5, 5.41) is 4.70. The fourth-order valence-electron chi connectivity index (χ4n) is 1.98. The number of nitrogens with one attached hydrogen (secondary N) is 1. The van der Waals surface area contributed by atoms with Gasteiger partial charge in [0.1, 0.15) is 0 Å². The maximum Gasteiger partial charge on any atom is 0.252 e. The number of rotatable bonds is 6. The van der Waals surface area contributed by atoms with E-state index in [0.717, 1.165) is 8.45 Å². The summed E-state index contributed by atoms with van der Waals surface area (Å²) < 4.78 is 0.871. The minimum Gasteiger partial charge on any atom is -0.343 e. The lowest BCUT2D eigenvalue weighted by Gasteiger charge is -2.20. The van der Waals surface area contributed by atoms with Gasteiger partial charge in [0.05, 0.1) is 18.7 Å². The number of thiophene rings is 1. The number of likely N-dealkylation sites (N-methyl/N-ethyl adjacent to an activating group) is 1. The predicted molar refractivity (Wildman–Crippen MR) is 96.9 cm³/mol. The van der Waals surface area contributed by atoms with Gasteiger partial charge in [0.2, 0.25) is 5.91 Å². The highest BCUT2D eigenvalue weighted by atomic mass is 127. The molecule has 0 saturated heterocycles. The molecule has 0 saturated carbocycles. The van der Waals surface area contributed by atoms with Crippen molar-refractivity contribution in [3.05, 3.63) is 55.8 Å². The lowest BCUT2D eigenvalue weighted by molar-refractivity contribution is -0.130. The quantitative estimate of drug-likeness (QED) is 0.719. The van der Waals surface area contributed by atoms with E-state index in [0.29, 0.717) is 18.7 Å². The summed E-state index contributed by atoms with van der Waals surface area (Å²) in [5.74, 6) is -0.291. The van der Waals surface area contributed by atoms with Crippen molar-refractivity contribution < 1.29 is 9.59 Å². The number of nitrogens with zero attached hydrogens (tertiary/aromatic N) is 1. The maximum atomic E-state index is 12.2. The fourth-order valence-corrected chi connectivity index (χ4v) is 3.33. The third-order valence-corrected chi connectivity index (χ3v) is 4.98. The SMILES string of the molecule is CCN(Cc1cccs1)C(=O)CNC(=O)c1ccccc1I. The number of hydrogen-bond donors (Lipinski definition) is 1. The van der Waals surface area contributed by atoms with E-state index in [1.54, 1.807) is 22.3 Å². The number of amides is 2. The fraction of sp³-hybridized carbons (Fsp3) is 0.250. The normalized spacial score (nSPS) is 10.3. The van der Waals surface area contributed by atoms with Crippen LogP contribution in [-0.4, -0.2) is 29.8 Å². The van der Waals surface area contributed by atoms with Crippen LogP contribution in [0.4, 0.5) is 0 Å². The third kappa shape index (κ3) is 4.54. The van der Waals surface area contributed by atoms with E-state index in [-0.39, 0.29) is 18.4 Å². The van der Waals surface area contributed by atoms with E-state index < -0.39 is 0 Å². The molecule has 4 nitrogen and oxygen atoms in total. The number of benzene rings is 1. The van der Waals surface area contributed by atoms with Gasteiger partial charge in [-0.15, -0.1) is 11.3 Å². The summed E-state index contributed by atoms with van der Waals surface area (Å²) in [6.07, 6.45) is 0. The van der Waals surface area contributed by atoms with Crippen molar-refractivity contribution in [2.75, 3.05) is 13.1 Å². The Morgan fingerprint density at radius 3 is 2.64 bits per heavy atom. The Bertz CT molecular complexity index is 643. The number of carbonyl (C=O) groups is 2. The van der Waals surface area contributed by atoms with E-state index in [4.69, 9.17) is 0 Å². The first-order valence-corrected chi connectivity index (χ1v) is 8.90. The van der Waals surface area contributed by atoms with Crippen LogP contribution in [0.3, 0.4) is 0 Å². The second kappa shape index (κ2) is 8.28. The summed E-state index contributed by atoms with van der Waals surface area (Å²) in [7, 11) is 0. The summed E-state index contributed by atoms with van der Waals surface area (Å²) in [5.41, 5.74) is 0.595. The van der Waals surface area contributed by atoms with Crippen LogP contribution in [0.25, 0.3) is 0 Å². The van der Waals surface area contributed by atoms with Gasteiger partial charge in [0.15, 0.2) is 0 Å². The predicted octanol–water partition coefficient (Wildman–Crippen LogP) is 3.13. The van der Waals surface area contributed by atoms with Crippen LogP contribution in [0.2, 0.25) is 0 Å². The van der Waals surface area contributed by atoms with Gasteiger partial charge in [0, 0.05) is 15.0 Å². The lowest BCUT2D eigenvalue weighted by atomic mass is 10.2. The molecule has 0 radical (unpaired) electrons. The second-order valence-electron chi connectivity index (χ2n) is 4.65. The van der Waals surface area contributed by atoms with Gasteiger partial charge in [0.25, 0.3) is 5.91 Å². The van der Waals surface area contributed by atoms with Crippen LogP contribution >= 0.6 is 33.9 Å². The van der Waals surface area contributed by atoms with Crippen molar-refractivity contribution in [3.63, 3.8) is 0 Å². The van der Waals surface area contributed by atoms with Gasteiger partial charge in [-0.25, -0.2) is 0 Å². The minimum absolute atomic E-state index is 0.0169. The lowest BCUT2D eigenvalue weighted by Crippen LogP contribution is -2.39. The molecule has 116 valence electrons. The Labute approximate surface area is 147 Å². The van der Waals surface area contributed by atoms with Crippen LogP contribution < -0.4 is 5.32 Å². The van der Waals surface area contributed by atoms with Gasteiger partial charge in [-0.05, 0) is 53.1 Å². The van der Waals surface area contributed by atoms with Crippen molar-refractivity contribution in [2.24, 2.45) is 0 Å². The molecule has 2 amide bonds. The smallest absolute Gasteiger partial charge is 0.252 e. The molecular weight excluding hydrogens is 411 g/mol. The molecule has 0 aliphatic carbocycles. The first kappa shape index (κ1) is 17.0. The van der Waals surface area contributed by atoms with Crippen molar-refractivity contribution in [3.8, 4) is 0 Å². The molecule has 22 heavy (non-hydrogen) atoms. The molecule has 6 heteroatoms. The molecule has 0 spiro atoms. The first-order valence-electron chi connectivity index (χ1n) is 6.94. The zero-order valence-corrected chi connectivity index (χ0v) is 15.2. The molecule has 1 N–H and O–H groups in total. The molecule has 0 bridgehead atoms. The Kier molecular flexibility index (Phi) is 6.38. The molecule has 0 unspecified atom stereocenters. The highest BCUT2D eigenvalue weighted by Gasteiger charge is 2.15. The van der Waals surface area contributed by atoms with Crippen LogP contribution in [-0.2, 0) is 11.3 Å². The molecule has 2 rings (SSSR count). The summed E-state index contributed by atoms with van der Waals surface area (Å²) in [6.45, 7) is 3.16. The molecule has 1 aromatic carbocycles. The van der Waals surface area contributed by atoms with Gasteiger partial charge in [-0.1, -0.05) is 18.2 Å². The van der Waals surface area contributed by atoms with E-state index >= 15 is 0 Å². The van der Waals surface area contributed by atoms with Crippen molar-refractivity contribution >= 4 is 45.7 Å². The van der Waals surface area contributed by atoms with E-state index in [9.17, 15) is 9.59 Å². The summed E-state index contributed by atoms with van der Waals surface area (Å²) in [4.78, 5) is 27.2. The zero-order valence-electron chi connectivity index (χ0n) is 12.2. The molecule has 2 aromatic rings. The summed E-state index contributed by atoms with van der Waals surface area (Å²) in [6, 6.07) is 11.3. The van der Waals surface area contributed by atoms with E-state index in [1.807, 2.05) is 42.6 Å². The molecule has 0 aliphatic heterocycles. The molecule has 0 fully saturated rings. The van der Waals surface area contributed by atoms with Crippen LogP contribution in [0, 0.1) is 3.57 Å². The second-order valence-corrected chi connectivity index (χ2v) is 6.84. The summed E-state index contributed by atoms with van der Waals surface area (Å²) >= 11 is 3.74. The topological polar surface area (TPSA) is 49.4 Å². The highest BCUT2D eigenvalue weighted by Crippen LogP contribution is 2.12. The number of halogens is 1. The van der Waals surface area contributed by atoms with Gasteiger partial charge in [-0.3, -0.25) is 9.59 Å². The minimum atomic E-state index is -0.217. The molecule has 1 aromatic heterocycles. The van der Waals surface area contributed by atoms with Crippen LogP contribution in [0.5, 0.6) is 0 Å². The average molecular weight is 428 g/mol. The van der Waals surface area contributed by atoms with E-state index in [2.05, 4.69) is 27.9 Å². The Hall–Kier alpha value is -1.41. The number of hydrogen-bond acceptors (Lipinski definition) is 3. The Morgan fingerprint density at radius 1 is 1.23 bits per heavy atom. The van der Waals surface area contributed by atoms with Crippen molar-refractivity contribution in [1.82, 2.24) is 10.2 Å². The molecule has 0 aliphatic rings. The van der Waals surface area contributed by atoms with Gasteiger partial charge >= 0.3 is 0 Å². The zero-order chi connectivity index (χ0) is 15.9. The molecular formula is C16H17IN2O2S. The Balaban J connectivity index is 1.91. The number of carbonyl (C=O) groups excluding carboxylic acids is 2.